The van der Waals surface area contributed by atoms with Gasteiger partial charge >= 0.3 is 6.03 Å². The van der Waals surface area contributed by atoms with Gasteiger partial charge in [-0.2, -0.15) is 0 Å². The molecule has 9 nitrogen and oxygen atoms in total. The van der Waals surface area contributed by atoms with E-state index in [0.717, 1.165) is 35.1 Å². The van der Waals surface area contributed by atoms with Crippen LogP contribution in [0.4, 0.5) is 22.1 Å². The molecule has 9 heteroatoms. The lowest BCUT2D eigenvalue weighted by atomic mass is 9.93. The predicted molar refractivity (Wildman–Crippen MR) is 139 cm³/mol. The van der Waals surface area contributed by atoms with Gasteiger partial charge in [0.15, 0.2) is 5.82 Å². The summed E-state index contributed by atoms with van der Waals surface area (Å²) in [5.41, 5.74) is 9.49. The minimum absolute atomic E-state index is 0.188. The maximum absolute atomic E-state index is 12.4. The molecular weight excluding hydrogens is 442 g/mol. The van der Waals surface area contributed by atoms with E-state index in [-0.39, 0.29) is 5.41 Å². The number of nitrogens with zero attached hydrogens (tertiary/aromatic N) is 4. The molecule has 2 amide bonds. The number of unbranched alkanes of at least 4 members (excludes halogenated alkanes) is 3. The van der Waals surface area contributed by atoms with Crippen LogP contribution >= 0.6 is 0 Å². The Hall–Kier alpha value is -3.88. The molecule has 0 saturated carbocycles. The number of aromatic nitrogens is 4. The van der Waals surface area contributed by atoms with Crippen LogP contribution in [0.3, 0.4) is 0 Å². The number of benzene rings is 1. The first-order valence-corrected chi connectivity index (χ1v) is 12.0. The number of urea groups is 1. The van der Waals surface area contributed by atoms with Crippen LogP contribution in [0.25, 0.3) is 22.2 Å². The van der Waals surface area contributed by atoms with E-state index in [1.54, 1.807) is 6.07 Å². The van der Waals surface area contributed by atoms with Crippen molar-refractivity contribution in [2.24, 2.45) is 0 Å². The lowest BCUT2D eigenvalue weighted by molar-refractivity contribution is 0.262. The second-order valence-corrected chi connectivity index (χ2v) is 9.74. The van der Waals surface area contributed by atoms with Gasteiger partial charge in [0, 0.05) is 35.5 Å². The SMILES string of the molecule is CCCCCCn1cc(-c2ccc(NC(=O)Nc3cc(C(C)(C)C)on3)cc2)c2c(N)ncnc21. The van der Waals surface area contributed by atoms with E-state index in [4.69, 9.17) is 10.3 Å². The van der Waals surface area contributed by atoms with Gasteiger partial charge in [-0.15, -0.1) is 0 Å². The van der Waals surface area contributed by atoms with Gasteiger partial charge < -0.3 is 20.1 Å². The average Bonchev–Trinajstić information content (AvgIpc) is 3.43. The zero-order valence-corrected chi connectivity index (χ0v) is 20.8. The number of hydrogen-bond donors (Lipinski definition) is 3. The standard InChI is InChI=1S/C26H33N7O2/c1-5-6-7-8-13-33-15-19(22-23(27)28-16-29-24(22)33)17-9-11-18(12-10-17)30-25(34)31-21-14-20(35-32-21)26(2,3)4/h9-12,14-16H,5-8,13H2,1-4H3,(H2,27,28,29)(H2,30,31,32,34). The molecule has 4 rings (SSSR count). The molecule has 1 aromatic carbocycles. The molecule has 0 aliphatic heterocycles. The van der Waals surface area contributed by atoms with Gasteiger partial charge in [0.05, 0.1) is 5.39 Å². The molecule has 0 aliphatic carbocycles. The van der Waals surface area contributed by atoms with Crippen LogP contribution < -0.4 is 16.4 Å². The maximum Gasteiger partial charge on any atom is 0.324 e. The molecule has 0 bridgehead atoms. The highest BCUT2D eigenvalue weighted by molar-refractivity contribution is 6.02. The Morgan fingerprint density at radius 3 is 2.54 bits per heavy atom. The van der Waals surface area contributed by atoms with Crippen LogP contribution in [0, 0.1) is 0 Å². The topological polar surface area (TPSA) is 124 Å². The van der Waals surface area contributed by atoms with Crippen molar-refractivity contribution in [3.8, 4) is 11.1 Å². The Bertz CT molecular complexity index is 1300. The lowest BCUT2D eigenvalue weighted by Gasteiger charge is -2.12. The van der Waals surface area contributed by atoms with Gasteiger partial charge in [-0.3, -0.25) is 5.32 Å². The van der Waals surface area contributed by atoms with Crippen LogP contribution in [0.2, 0.25) is 0 Å². The summed E-state index contributed by atoms with van der Waals surface area (Å²) in [7, 11) is 0. The normalized spacial score (nSPS) is 11.7. The van der Waals surface area contributed by atoms with Crippen LogP contribution in [0.15, 0.2) is 47.4 Å². The summed E-state index contributed by atoms with van der Waals surface area (Å²) >= 11 is 0. The second-order valence-electron chi connectivity index (χ2n) is 9.74. The van der Waals surface area contributed by atoms with Crippen molar-refractivity contribution in [3.05, 3.63) is 48.6 Å². The van der Waals surface area contributed by atoms with Crippen LogP contribution in [0.1, 0.15) is 59.1 Å². The van der Waals surface area contributed by atoms with Crippen molar-refractivity contribution in [1.82, 2.24) is 19.7 Å². The third-order valence-electron chi connectivity index (χ3n) is 5.88. The third-order valence-corrected chi connectivity index (χ3v) is 5.88. The number of nitrogens with one attached hydrogen (secondary N) is 2. The minimum atomic E-state index is -0.396. The van der Waals surface area contributed by atoms with Gasteiger partial charge in [0.2, 0.25) is 0 Å². The van der Waals surface area contributed by atoms with E-state index in [2.05, 4.69) is 43.4 Å². The Morgan fingerprint density at radius 2 is 1.86 bits per heavy atom. The van der Waals surface area contributed by atoms with Crippen LogP contribution in [-0.2, 0) is 12.0 Å². The molecule has 0 saturated heterocycles. The highest BCUT2D eigenvalue weighted by atomic mass is 16.5. The number of aryl methyl sites for hydroxylation is 1. The lowest BCUT2D eigenvalue weighted by Crippen LogP contribution is -2.19. The molecule has 0 spiro atoms. The molecule has 4 N–H and O–H groups in total. The zero-order chi connectivity index (χ0) is 25.0. The summed E-state index contributed by atoms with van der Waals surface area (Å²) in [6.45, 7) is 9.13. The summed E-state index contributed by atoms with van der Waals surface area (Å²) in [5.74, 6) is 1.53. The fourth-order valence-electron chi connectivity index (χ4n) is 3.94. The van der Waals surface area contributed by atoms with Gasteiger partial charge in [-0.1, -0.05) is 64.2 Å². The Morgan fingerprint density at radius 1 is 1.09 bits per heavy atom. The highest BCUT2D eigenvalue weighted by Crippen LogP contribution is 2.33. The van der Waals surface area contributed by atoms with Crippen molar-refractivity contribution < 1.29 is 9.32 Å². The largest absolute Gasteiger partial charge is 0.383 e. The van der Waals surface area contributed by atoms with Crippen molar-refractivity contribution in [2.45, 2.75) is 65.3 Å². The van der Waals surface area contributed by atoms with Gasteiger partial charge in [0.25, 0.3) is 0 Å². The Balaban J connectivity index is 1.49. The number of fused-ring (bicyclic) bond motifs is 1. The van der Waals surface area contributed by atoms with Gasteiger partial charge in [-0.25, -0.2) is 14.8 Å². The first-order valence-electron chi connectivity index (χ1n) is 12.0. The Labute approximate surface area is 205 Å². The van der Waals surface area contributed by atoms with Crippen molar-refractivity contribution >= 4 is 34.4 Å². The van der Waals surface area contributed by atoms with E-state index in [1.807, 2.05) is 45.0 Å². The minimum Gasteiger partial charge on any atom is -0.383 e. The monoisotopic (exact) mass is 475 g/mol. The number of nitrogens with two attached hydrogens (primary N) is 1. The highest BCUT2D eigenvalue weighted by Gasteiger charge is 2.20. The fraction of sp³-hybridized carbons (Fsp3) is 0.385. The predicted octanol–water partition coefficient (Wildman–Crippen LogP) is 6.19. The van der Waals surface area contributed by atoms with Crippen LogP contribution in [0.5, 0.6) is 0 Å². The zero-order valence-electron chi connectivity index (χ0n) is 20.8. The third kappa shape index (κ3) is 5.62. The van der Waals surface area contributed by atoms with Crippen molar-refractivity contribution in [1.29, 1.82) is 0 Å². The molecule has 184 valence electrons. The molecule has 4 aromatic rings. The van der Waals surface area contributed by atoms with E-state index < -0.39 is 6.03 Å². The summed E-state index contributed by atoms with van der Waals surface area (Å²) in [4.78, 5) is 21.1. The van der Waals surface area contributed by atoms with Crippen molar-refractivity contribution in [2.75, 3.05) is 16.4 Å². The summed E-state index contributed by atoms with van der Waals surface area (Å²) in [6.07, 6.45) is 8.28. The molecular formula is C26H33N7O2. The number of rotatable bonds is 8. The molecule has 0 radical (unpaired) electrons. The summed E-state index contributed by atoms with van der Waals surface area (Å²) < 4.78 is 7.47. The summed E-state index contributed by atoms with van der Waals surface area (Å²) in [6, 6.07) is 8.93. The molecule has 0 atom stereocenters. The molecule has 3 heterocycles. The van der Waals surface area contributed by atoms with Gasteiger partial charge in [-0.05, 0) is 24.1 Å². The Kier molecular flexibility index (Phi) is 7.04. The number of anilines is 3. The maximum atomic E-state index is 12.4. The summed E-state index contributed by atoms with van der Waals surface area (Å²) in [5, 5.41) is 10.3. The average molecular weight is 476 g/mol. The second kappa shape index (κ2) is 10.2. The molecule has 0 unspecified atom stereocenters. The number of nitrogen functional groups attached to an aromatic ring is 1. The molecule has 0 fully saturated rings. The van der Waals surface area contributed by atoms with Gasteiger partial charge in [0.1, 0.15) is 23.6 Å². The van der Waals surface area contributed by atoms with E-state index in [1.165, 1.54) is 25.6 Å². The van der Waals surface area contributed by atoms with E-state index in [0.29, 0.717) is 23.1 Å². The molecule has 0 aliphatic rings. The first-order chi connectivity index (χ1) is 16.8. The first kappa shape index (κ1) is 24.3. The van der Waals surface area contributed by atoms with Crippen molar-refractivity contribution in [3.63, 3.8) is 0 Å². The van der Waals surface area contributed by atoms with E-state index in [9.17, 15) is 4.79 Å². The van der Waals surface area contributed by atoms with E-state index >= 15 is 0 Å². The number of carbonyl (C=O) groups is 1. The number of amides is 2. The smallest absolute Gasteiger partial charge is 0.324 e. The number of carbonyl (C=O) groups excluding carboxylic acids is 1. The molecule has 35 heavy (non-hydrogen) atoms. The molecule has 3 aromatic heterocycles. The fourth-order valence-corrected chi connectivity index (χ4v) is 3.94. The quantitative estimate of drug-likeness (QED) is 0.261. The van der Waals surface area contributed by atoms with Crippen LogP contribution in [-0.4, -0.2) is 25.7 Å². The number of hydrogen-bond acceptors (Lipinski definition) is 6.